The molecule has 3 aromatic rings. The van der Waals surface area contributed by atoms with Crippen LogP contribution in [0.2, 0.25) is 0 Å². The molecule has 130 valence electrons. The first-order valence-corrected chi connectivity index (χ1v) is 8.15. The van der Waals surface area contributed by atoms with E-state index < -0.39 is 24.2 Å². The van der Waals surface area contributed by atoms with Gasteiger partial charge in [0.2, 0.25) is 5.60 Å². The number of carbonyl (C=O) groups is 1. The number of aliphatic hydroxyl groups is 1. The summed E-state index contributed by atoms with van der Waals surface area (Å²) < 4.78 is 41.0. The highest BCUT2D eigenvalue weighted by molar-refractivity contribution is 7.16. The van der Waals surface area contributed by atoms with Crippen molar-refractivity contribution in [3.8, 4) is 0 Å². The molecule has 0 bridgehead atoms. The number of nitrogens with one attached hydrogen (secondary N) is 1. The Bertz CT molecular complexity index is 896. The van der Waals surface area contributed by atoms with Crippen molar-refractivity contribution in [3.05, 3.63) is 65.2 Å². The number of aromatic nitrogens is 1. The lowest BCUT2D eigenvalue weighted by molar-refractivity contribution is -0.263. The van der Waals surface area contributed by atoms with Crippen LogP contribution in [0, 0.1) is 0 Å². The standard InChI is InChI=1S/C17H13F3N2O2S/c18-17(19,20)16(24,12-4-2-1-3-5-12)9-21-15(23)11-6-7-13-14(8-11)25-10-22-13/h1-8,10,24H,9H2,(H,21,23). The van der Waals surface area contributed by atoms with E-state index in [1.165, 1.54) is 41.7 Å². The topological polar surface area (TPSA) is 62.2 Å². The van der Waals surface area contributed by atoms with Gasteiger partial charge in [0.25, 0.3) is 5.91 Å². The van der Waals surface area contributed by atoms with Gasteiger partial charge in [0.1, 0.15) is 0 Å². The van der Waals surface area contributed by atoms with Gasteiger partial charge >= 0.3 is 6.18 Å². The second-order valence-corrected chi connectivity index (χ2v) is 6.33. The van der Waals surface area contributed by atoms with Gasteiger partial charge in [-0.2, -0.15) is 13.2 Å². The fraction of sp³-hybridized carbons (Fsp3) is 0.176. The average molecular weight is 366 g/mol. The van der Waals surface area contributed by atoms with Crippen LogP contribution in [-0.2, 0) is 5.60 Å². The van der Waals surface area contributed by atoms with Crippen LogP contribution in [0.15, 0.2) is 54.0 Å². The molecule has 2 aromatic carbocycles. The van der Waals surface area contributed by atoms with Crippen molar-refractivity contribution in [1.29, 1.82) is 0 Å². The highest BCUT2D eigenvalue weighted by Crippen LogP contribution is 2.38. The lowest BCUT2D eigenvalue weighted by Crippen LogP contribution is -2.51. The van der Waals surface area contributed by atoms with Crippen LogP contribution in [-0.4, -0.2) is 28.7 Å². The molecular weight excluding hydrogens is 353 g/mol. The Morgan fingerprint density at radius 2 is 1.88 bits per heavy atom. The average Bonchev–Trinajstić information content (AvgIpc) is 3.06. The van der Waals surface area contributed by atoms with Crippen LogP contribution < -0.4 is 5.32 Å². The molecule has 1 unspecified atom stereocenters. The van der Waals surface area contributed by atoms with Gasteiger partial charge in [-0.15, -0.1) is 11.3 Å². The van der Waals surface area contributed by atoms with Crippen molar-refractivity contribution < 1.29 is 23.1 Å². The molecule has 0 saturated carbocycles. The van der Waals surface area contributed by atoms with Crippen LogP contribution in [0.4, 0.5) is 13.2 Å². The summed E-state index contributed by atoms with van der Waals surface area (Å²) >= 11 is 1.32. The Morgan fingerprint density at radius 3 is 2.56 bits per heavy atom. The molecule has 0 saturated heterocycles. The molecule has 1 atom stereocenters. The summed E-state index contributed by atoms with van der Waals surface area (Å²) in [5.41, 5.74) is -0.976. The van der Waals surface area contributed by atoms with Gasteiger partial charge in [0.15, 0.2) is 0 Å². The third kappa shape index (κ3) is 3.35. The number of carbonyl (C=O) groups excluding carboxylic acids is 1. The van der Waals surface area contributed by atoms with Crippen LogP contribution in [0.1, 0.15) is 15.9 Å². The van der Waals surface area contributed by atoms with Crippen molar-refractivity contribution in [2.45, 2.75) is 11.8 Å². The summed E-state index contributed by atoms with van der Waals surface area (Å²) in [7, 11) is 0. The smallest absolute Gasteiger partial charge is 0.375 e. The van der Waals surface area contributed by atoms with Gasteiger partial charge in [0, 0.05) is 5.56 Å². The number of benzene rings is 2. The van der Waals surface area contributed by atoms with E-state index in [1.807, 2.05) is 0 Å². The zero-order chi connectivity index (χ0) is 18.1. The molecule has 0 aliphatic rings. The Kier molecular flexibility index (Phi) is 4.49. The SMILES string of the molecule is O=C(NCC(O)(c1ccccc1)C(F)(F)F)c1ccc2ncsc2c1. The lowest BCUT2D eigenvalue weighted by Gasteiger charge is -2.31. The number of nitrogens with zero attached hydrogens (tertiary/aromatic N) is 1. The summed E-state index contributed by atoms with van der Waals surface area (Å²) in [6.45, 7) is -0.986. The predicted octanol–water partition coefficient (Wildman–Crippen LogP) is 3.48. The minimum atomic E-state index is -4.94. The number of amides is 1. The van der Waals surface area contributed by atoms with Crippen molar-refractivity contribution in [1.82, 2.24) is 10.3 Å². The minimum Gasteiger partial charge on any atom is -0.375 e. The van der Waals surface area contributed by atoms with E-state index in [0.717, 1.165) is 4.70 Å². The van der Waals surface area contributed by atoms with E-state index in [2.05, 4.69) is 10.3 Å². The predicted molar refractivity (Wildman–Crippen MR) is 88.3 cm³/mol. The van der Waals surface area contributed by atoms with Crippen molar-refractivity contribution >= 4 is 27.5 Å². The summed E-state index contributed by atoms with van der Waals surface area (Å²) in [6, 6.07) is 11.3. The maximum absolute atomic E-state index is 13.4. The van der Waals surface area contributed by atoms with Crippen LogP contribution >= 0.6 is 11.3 Å². The van der Waals surface area contributed by atoms with E-state index in [4.69, 9.17) is 0 Å². The monoisotopic (exact) mass is 366 g/mol. The first-order valence-electron chi connectivity index (χ1n) is 7.27. The quantitative estimate of drug-likeness (QED) is 0.743. The summed E-state index contributed by atoms with van der Waals surface area (Å²) in [4.78, 5) is 16.3. The second-order valence-electron chi connectivity index (χ2n) is 5.44. The number of fused-ring (bicyclic) bond motifs is 1. The molecule has 1 aromatic heterocycles. The van der Waals surface area contributed by atoms with Gasteiger partial charge in [-0.25, -0.2) is 4.98 Å². The normalized spacial score (nSPS) is 14.2. The molecule has 8 heteroatoms. The fourth-order valence-corrected chi connectivity index (χ4v) is 3.10. The molecule has 25 heavy (non-hydrogen) atoms. The minimum absolute atomic E-state index is 0.203. The van der Waals surface area contributed by atoms with E-state index in [0.29, 0.717) is 5.52 Å². The zero-order valence-electron chi connectivity index (χ0n) is 12.7. The third-order valence-electron chi connectivity index (χ3n) is 3.82. The summed E-state index contributed by atoms with van der Waals surface area (Å²) in [6.07, 6.45) is -4.94. The number of thiazole rings is 1. The Labute approximate surface area is 144 Å². The molecule has 4 nitrogen and oxygen atoms in total. The summed E-state index contributed by atoms with van der Waals surface area (Å²) in [5, 5.41) is 12.4. The molecule has 0 fully saturated rings. The maximum Gasteiger partial charge on any atom is 0.423 e. The Hall–Kier alpha value is -2.45. The molecule has 0 spiro atoms. The van der Waals surface area contributed by atoms with Gasteiger partial charge < -0.3 is 10.4 Å². The van der Waals surface area contributed by atoms with Gasteiger partial charge in [-0.05, 0) is 23.8 Å². The lowest BCUT2D eigenvalue weighted by atomic mass is 9.93. The molecule has 0 radical (unpaired) electrons. The Morgan fingerprint density at radius 1 is 1.16 bits per heavy atom. The summed E-state index contributed by atoms with van der Waals surface area (Å²) in [5.74, 6) is -0.700. The highest BCUT2D eigenvalue weighted by Gasteiger charge is 2.55. The number of hydrogen-bond donors (Lipinski definition) is 2. The maximum atomic E-state index is 13.4. The molecular formula is C17H13F3N2O2S. The Balaban J connectivity index is 1.82. The van der Waals surface area contributed by atoms with E-state index in [9.17, 15) is 23.1 Å². The van der Waals surface area contributed by atoms with Gasteiger partial charge in [0.05, 0.1) is 22.3 Å². The van der Waals surface area contributed by atoms with Crippen molar-refractivity contribution in [3.63, 3.8) is 0 Å². The molecule has 3 rings (SSSR count). The number of rotatable bonds is 4. The van der Waals surface area contributed by atoms with Gasteiger partial charge in [-0.1, -0.05) is 30.3 Å². The van der Waals surface area contributed by atoms with Crippen LogP contribution in [0.5, 0.6) is 0 Å². The molecule has 1 amide bonds. The third-order valence-corrected chi connectivity index (χ3v) is 4.61. The van der Waals surface area contributed by atoms with Crippen molar-refractivity contribution in [2.75, 3.05) is 6.54 Å². The fourth-order valence-electron chi connectivity index (χ4n) is 2.39. The molecule has 1 heterocycles. The second kappa shape index (κ2) is 6.45. The zero-order valence-corrected chi connectivity index (χ0v) is 13.6. The van der Waals surface area contributed by atoms with Crippen LogP contribution in [0.3, 0.4) is 0 Å². The van der Waals surface area contributed by atoms with E-state index >= 15 is 0 Å². The molecule has 0 aliphatic carbocycles. The van der Waals surface area contributed by atoms with E-state index in [1.54, 1.807) is 23.7 Å². The largest absolute Gasteiger partial charge is 0.423 e. The molecule has 0 aliphatic heterocycles. The van der Waals surface area contributed by atoms with E-state index in [-0.39, 0.29) is 11.1 Å². The number of alkyl halides is 3. The van der Waals surface area contributed by atoms with Crippen LogP contribution in [0.25, 0.3) is 10.2 Å². The first-order chi connectivity index (χ1) is 11.8. The van der Waals surface area contributed by atoms with Gasteiger partial charge in [-0.3, -0.25) is 4.79 Å². The first kappa shape index (κ1) is 17.4. The van der Waals surface area contributed by atoms with Crippen molar-refractivity contribution in [2.24, 2.45) is 0 Å². The highest BCUT2D eigenvalue weighted by atomic mass is 32.1. The molecule has 2 N–H and O–H groups in total. The number of halogens is 3. The number of hydrogen-bond acceptors (Lipinski definition) is 4.